The van der Waals surface area contributed by atoms with Crippen molar-refractivity contribution in [2.75, 3.05) is 30.8 Å². The Bertz CT molecular complexity index is 397. The fraction of sp³-hybridized carbons (Fsp3) is 0.538. The molecule has 4 nitrogen and oxygen atoms in total. The third-order valence-electron chi connectivity index (χ3n) is 2.51. The summed E-state index contributed by atoms with van der Waals surface area (Å²) in [6.45, 7) is 4.43. The minimum atomic E-state index is -0.458. The van der Waals surface area contributed by atoms with Crippen LogP contribution in [0.15, 0.2) is 12.1 Å². The van der Waals surface area contributed by atoms with Crippen LogP contribution in [0.1, 0.15) is 20.3 Å². The molecule has 0 aliphatic heterocycles. The van der Waals surface area contributed by atoms with Crippen LogP contribution in [0.3, 0.4) is 0 Å². The Morgan fingerprint density at radius 1 is 1.44 bits per heavy atom. The lowest BCUT2D eigenvalue weighted by molar-refractivity contribution is 0.231. The maximum Gasteiger partial charge on any atom is 0.167 e. The third-order valence-corrected chi connectivity index (χ3v) is 2.51. The average Bonchev–Trinajstić information content (AvgIpc) is 2.29. The molecule has 0 bridgehead atoms. The summed E-state index contributed by atoms with van der Waals surface area (Å²) in [5.74, 6) is -0.259. The number of rotatable bonds is 6. The van der Waals surface area contributed by atoms with E-state index in [9.17, 15) is 4.39 Å². The molecule has 0 saturated heterocycles. The highest BCUT2D eigenvalue weighted by Crippen LogP contribution is 2.31. The predicted molar refractivity (Wildman–Crippen MR) is 71.5 cm³/mol. The predicted octanol–water partition coefficient (Wildman–Crippen LogP) is 2.01. The molecule has 0 aliphatic rings. The monoisotopic (exact) mass is 256 g/mol. The maximum atomic E-state index is 13.6. The summed E-state index contributed by atoms with van der Waals surface area (Å²) in [6.07, 6.45) is 0.534. The van der Waals surface area contributed by atoms with Crippen molar-refractivity contribution < 1.29 is 14.2 Å². The number of aliphatic hydroxyl groups is 1. The van der Waals surface area contributed by atoms with E-state index in [1.807, 2.05) is 25.8 Å². The van der Waals surface area contributed by atoms with Crippen molar-refractivity contribution in [3.8, 4) is 5.75 Å². The zero-order valence-corrected chi connectivity index (χ0v) is 11.1. The molecule has 5 heteroatoms. The van der Waals surface area contributed by atoms with Crippen LogP contribution >= 0.6 is 0 Å². The van der Waals surface area contributed by atoms with E-state index in [2.05, 4.69) is 0 Å². The largest absolute Gasteiger partial charge is 0.488 e. The Kier molecular flexibility index (Phi) is 5.22. The number of aliphatic hydroxyl groups excluding tert-OH is 1. The zero-order valence-electron chi connectivity index (χ0n) is 11.1. The van der Waals surface area contributed by atoms with Crippen molar-refractivity contribution in [3.63, 3.8) is 0 Å². The van der Waals surface area contributed by atoms with E-state index < -0.39 is 5.82 Å². The van der Waals surface area contributed by atoms with Crippen molar-refractivity contribution in [1.82, 2.24) is 0 Å². The molecule has 18 heavy (non-hydrogen) atoms. The van der Waals surface area contributed by atoms with E-state index in [1.54, 1.807) is 6.07 Å². The Morgan fingerprint density at radius 2 is 2.11 bits per heavy atom. The van der Waals surface area contributed by atoms with Gasteiger partial charge in [0.1, 0.15) is 0 Å². The maximum absolute atomic E-state index is 13.6. The number of hydrogen-bond donors (Lipinski definition) is 2. The molecule has 0 heterocycles. The van der Waals surface area contributed by atoms with Gasteiger partial charge in [0.15, 0.2) is 11.6 Å². The number of nitrogens with zero attached hydrogens (tertiary/aromatic N) is 1. The fourth-order valence-corrected chi connectivity index (χ4v) is 1.66. The summed E-state index contributed by atoms with van der Waals surface area (Å²) in [5, 5.41) is 8.81. The summed E-state index contributed by atoms with van der Waals surface area (Å²) in [4.78, 5) is 1.87. The average molecular weight is 256 g/mol. The highest BCUT2D eigenvalue weighted by Gasteiger charge is 2.13. The van der Waals surface area contributed by atoms with E-state index >= 15 is 0 Å². The van der Waals surface area contributed by atoms with Gasteiger partial charge in [-0.2, -0.15) is 0 Å². The molecule has 1 aromatic carbocycles. The van der Waals surface area contributed by atoms with Crippen molar-refractivity contribution >= 4 is 11.4 Å². The first-order valence-corrected chi connectivity index (χ1v) is 6.03. The summed E-state index contributed by atoms with van der Waals surface area (Å²) in [7, 11) is 1.85. The molecule has 0 saturated carbocycles. The molecule has 0 radical (unpaired) electrons. The Balaban J connectivity index is 2.96. The number of nitrogens with two attached hydrogens (primary N) is 1. The molecule has 3 N–H and O–H groups in total. The molecule has 0 aromatic heterocycles. The first-order valence-electron chi connectivity index (χ1n) is 6.03. The van der Waals surface area contributed by atoms with Crippen LogP contribution in [-0.2, 0) is 0 Å². The van der Waals surface area contributed by atoms with Gasteiger partial charge in [0.05, 0.1) is 17.5 Å². The van der Waals surface area contributed by atoms with Gasteiger partial charge in [-0.3, -0.25) is 0 Å². The first-order chi connectivity index (χ1) is 8.45. The van der Waals surface area contributed by atoms with Gasteiger partial charge in [0, 0.05) is 32.3 Å². The minimum Gasteiger partial charge on any atom is -0.488 e. The lowest BCUT2D eigenvalue weighted by atomic mass is 10.2. The van der Waals surface area contributed by atoms with Crippen LogP contribution in [-0.4, -0.2) is 31.4 Å². The molecule has 102 valence electrons. The molecule has 0 unspecified atom stereocenters. The second-order valence-electron chi connectivity index (χ2n) is 4.51. The fourth-order valence-electron chi connectivity index (χ4n) is 1.66. The first kappa shape index (κ1) is 14.6. The van der Waals surface area contributed by atoms with Gasteiger partial charge in [-0.1, -0.05) is 0 Å². The topological polar surface area (TPSA) is 58.7 Å². The van der Waals surface area contributed by atoms with Crippen LogP contribution < -0.4 is 15.4 Å². The lowest BCUT2D eigenvalue weighted by Crippen LogP contribution is -2.21. The molecule has 1 rings (SSSR count). The summed E-state index contributed by atoms with van der Waals surface area (Å²) >= 11 is 0. The van der Waals surface area contributed by atoms with Crippen molar-refractivity contribution in [2.45, 2.75) is 26.4 Å². The van der Waals surface area contributed by atoms with Crippen molar-refractivity contribution in [2.24, 2.45) is 0 Å². The van der Waals surface area contributed by atoms with Gasteiger partial charge in [-0.25, -0.2) is 4.39 Å². The Morgan fingerprint density at radius 3 is 2.67 bits per heavy atom. The van der Waals surface area contributed by atoms with Gasteiger partial charge in [0.25, 0.3) is 0 Å². The molecule has 1 aromatic rings. The van der Waals surface area contributed by atoms with E-state index in [-0.39, 0.29) is 18.5 Å². The number of ether oxygens (including phenoxy) is 1. The van der Waals surface area contributed by atoms with Gasteiger partial charge in [-0.15, -0.1) is 0 Å². The minimum absolute atomic E-state index is 0.0984. The zero-order chi connectivity index (χ0) is 13.7. The quantitative estimate of drug-likeness (QED) is 0.764. The third kappa shape index (κ3) is 3.77. The van der Waals surface area contributed by atoms with E-state index in [1.165, 1.54) is 6.07 Å². The van der Waals surface area contributed by atoms with Gasteiger partial charge in [-0.05, 0) is 20.3 Å². The van der Waals surface area contributed by atoms with Gasteiger partial charge < -0.3 is 20.5 Å². The standard InChI is InChI=1S/C13H21FN2O2/c1-9(2)18-13-8-12(11(15)7-10(13)14)16(3)5-4-6-17/h7-9,17H,4-6,15H2,1-3H3. The second kappa shape index (κ2) is 6.44. The van der Waals surface area contributed by atoms with Crippen molar-refractivity contribution in [1.29, 1.82) is 0 Å². The van der Waals surface area contributed by atoms with E-state index in [4.69, 9.17) is 15.6 Å². The van der Waals surface area contributed by atoms with Crippen LogP contribution in [0.2, 0.25) is 0 Å². The summed E-state index contributed by atoms with van der Waals surface area (Å²) in [6, 6.07) is 2.87. The van der Waals surface area contributed by atoms with Crippen LogP contribution in [0, 0.1) is 5.82 Å². The van der Waals surface area contributed by atoms with Gasteiger partial charge >= 0.3 is 0 Å². The molecule has 0 atom stereocenters. The molecular weight excluding hydrogens is 235 g/mol. The molecule has 0 spiro atoms. The molecule has 0 aliphatic carbocycles. The van der Waals surface area contributed by atoms with Crippen molar-refractivity contribution in [3.05, 3.63) is 17.9 Å². The number of nitrogen functional groups attached to an aromatic ring is 1. The SMILES string of the molecule is CC(C)Oc1cc(N(C)CCCO)c(N)cc1F. The van der Waals surface area contributed by atoms with E-state index in [0.29, 0.717) is 24.3 Å². The number of halogens is 1. The molecule has 0 amide bonds. The Labute approximate surface area is 107 Å². The lowest BCUT2D eigenvalue weighted by Gasteiger charge is -2.22. The van der Waals surface area contributed by atoms with Crippen LogP contribution in [0.25, 0.3) is 0 Å². The number of hydrogen-bond acceptors (Lipinski definition) is 4. The highest BCUT2D eigenvalue weighted by molar-refractivity contribution is 5.69. The highest BCUT2D eigenvalue weighted by atomic mass is 19.1. The Hall–Kier alpha value is -1.49. The van der Waals surface area contributed by atoms with Crippen LogP contribution in [0.4, 0.5) is 15.8 Å². The van der Waals surface area contributed by atoms with E-state index in [0.717, 1.165) is 0 Å². The van der Waals surface area contributed by atoms with Gasteiger partial charge in [0.2, 0.25) is 0 Å². The molecule has 0 fully saturated rings. The summed E-state index contributed by atoms with van der Waals surface area (Å²) in [5.41, 5.74) is 6.87. The summed E-state index contributed by atoms with van der Waals surface area (Å²) < 4.78 is 19.0. The molecular formula is C13H21FN2O2. The van der Waals surface area contributed by atoms with Crippen LogP contribution in [0.5, 0.6) is 5.75 Å². The smallest absolute Gasteiger partial charge is 0.167 e. The number of anilines is 2. The normalized spacial score (nSPS) is 10.8. The number of benzene rings is 1. The second-order valence-corrected chi connectivity index (χ2v) is 4.51.